The second-order valence-electron chi connectivity index (χ2n) is 8.01. The maximum Gasteiger partial charge on any atom is 0.307 e. The van der Waals surface area contributed by atoms with Crippen LogP contribution < -0.4 is 4.90 Å². The number of carbonyl (C=O) groups excluding carboxylic acids is 2. The van der Waals surface area contributed by atoms with Crippen molar-refractivity contribution in [3.05, 3.63) is 106 Å². The minimum atomic E-state index is -0.966. The number of Topliss-reactive ketones (excluding diaryl/α,β-unsaturated/α-hetero) is 1. The number of anilines is 1. The molecule has 0 bridgehead atoms. The number of carboxylic acid groups (broad SMARTS) is 1. The Morgan fingerprint density at radius 1 is 0.882 bits per heavy atom. The van der Waals surface area contributed by atoms with E-state index in [4.69, 9.17) is 16.7 Å². The first-order valence-electron chi connectivity index (χ1n) is 10.8. The second kappa shape index (κ2) is 9.53. The Kier molecular flexibility index (Phi) is 6.52. The Hall–Kier alpha value is -3.90. The lowest BCUT2D eigenvalue weighted by Gasteiger charge is -2.26. The number of aliphatic hydroxyl groups is 1. The number of aryl methyl sites for hydroxylation is 1. The predicted octanol–water partition coefficient (Wildman–Crippen LogP) is 5.16. The molecule has 0 saturated carbocycles. The molecule has 3 aromatic carbocycles. The van der Waals surface area contributed by atoms with Crippen molar-refractivity contribution in [3.8, 4) is 0 Å². The Labute approximate surface area is 201 Å². The van der Waals surface area contributed by atoms with Crippen molar-refractivity contribution in [3.63, 3.8) is 0 Å². The maximum absolute atomic E-state index is 13.2. The van der Waals surface area contributed by atoms with Gasteiger partial charge in [0.05, 0.1) is 18.0 Å². The molecule has 34 heavy (non-hydrogen) atoms. The van der Waals surface area contributed by atoms with E-state index in [9.17, 15) is 19.5 Å². The number of amides is 1. The number of ketones is 1. The molecule has 172 valence electrons. The van der Waals surface area contributed by atoms with Crippen LogP contribution in [0.5, 0.6) is 0 Å². The van der Waals surface area contributed by atoms with Gasteiger partial charge in [0.1, 0.15) is 5.76 Å². The fraction of sp³-hybridized carbons (Fsp3) is 0.148. The largest absolute Gasteiger partial charge is 0.507 e. The lowest BCUT2D eigenvalue weighted by Crippen LogP contribution is -2.29. The lowest BCUT2D eigenvalue weighted by atomic mass is 9.94. The minimum Gasteiger partial charge on any atom is -0.507 e. The highest BCUT2D eigenvalue weighted by atomic mass is 35.5. The molecule has 1 saturated heterocycles. The molecule has 1 aliphatic rings. The molecule has 2 N–H and O–H groups in total. The van der Waals surface area contributed by atoms with Gasteiger partial charge in [-0.15, -0.1) is 0 Å². The van der Waals surface area contributed by atoms with Crippen molar-refractivity contribution in [2.45, 2.75) is 25.8 Å². The number of benzene rings is 3. The highest BCUT2D eigenvalue weighted by molar-refractivity contribution is 6.51. The number of aliphatic hydroxyl groups excluding tert-OH is 1. The number of halogens is 1. The molecule has 4 rings (SSSR count). The van der Waals surface area contributed by atoms with Crippen LogP contribution in [0.3, 0.4) is 0 Å². The molecular formula is C27H22ClNO5. The number of hydrogen-bond acceptors (Lipinski definition) is 4. The zero-order valence-electron chi connectivity index (χ0n) is 18.4. The number of carboxylic acids is 1. The van der Waals surface area contributed by atoms with Crippen LogP contribution in [0.1, 0.15) is 35.2 Å². The minimum absolute atomic E-state index is 0.0221. The molecule has 1 aliphatic heterocycles. The zero-order valence-corrected chi connectivity index (χ0v) is 19.1. The van der Waals surface area contributed by atoms with Crippen LogP contribution in [0.4, 0.5) is 5.69 Å². The highest BCUT2D eigenvalue weighted by Gasteiger charge is 2.46. The van der Waals surface area contributed by atoms with Gasteiger partial charge in [-0.1, -0.05) is 54.9 Å². The average Bonchev–Trinajstić information content (AvgIpc) is 3.10. The number of aliphatic carboxylic acids is 1. The molecule has 0 radical (unpaired) electrons. The van der Waals surface area contributed by atoms with E-state index >= 15 is 0 Å². The monoisotopic (exact) mass is 475 g/mol. The van der Waals surface area contributed by atoms with E-state index in [0.717, 1.165) is 12.0 Å². The van der Waals surface area contributed by atoms with Crippen LogP contribution in [0.2, 0.25) is 5.02 Å². The average molecular weight is 476 g/mol. The molecule has 3 aromatic rings. The fourth-order valence-electron chi connectivity index (χ4n) is 4.06. The summed E-state index contributed by atoms with van der Waals surface area (Å²) in [4.78, 5) is 38.7. The van der Waals surface area contributed by atoms with Gasteiger partial charge < -0.3 is 10.2 Å². The molecule has 1 amide bonds. The third kappa shape index (κ3) is 4.45. The Morgan fingerprint density at radius 3 is 2.03 bits per heavy atom. The van der Waals surface area contributed by atoms with Gasteiger partial charge in [-0.05, 0) is 59.5 Å². The zero-order chi connectivity index (χ0) is 24.4. The first kappa shape index (κ1) is 23.3. The summed E-state index contributed by atoms with van der Waals surface area (Å²) in [5.74, 6) is -2.82. The first-order valence-corrected chi connectivity index (χ1v) is 11.1. The SMILES string of the molecule is CCc1ccc(C2/C(=C(\O)c3ccc(Cl)cc3)C(=O)C(=O)N2c2ccc(CC(=O)O)cc2)cc1. The van der Waals surface area contributed by atoms with Gasteiger partial charge in [-0.25, -0.2) is 0 Å². The smallest absolute Gasteiger partial charge is 0.307 e. The Morgan fingerprint density at radius 2 is 1.47 bits per heavy atom. The normalized spacial score (nSPS) is 17.2. The van der Waals surface area contributed by atoms with Gasteiger partial charge in [0.15, 0.2) is 0 Å². The van der Waals surface area contributed by atoms with Crippen molar-refractivity contribution in [2.75, 3.05) is 4.90 Å². The molecule has 0 aromatic heterocycles. The molecular weight excluding hydrogens is 454 g/mol. The van der Waals surface area contributed by atoms with Gasteiger partial charge in [-0.2, -0.15) is 0 Å². The van der Waals surface area contributed by atoms with Gasteiger partial charge >= 0.3 is 5.97 Å². The van der Waals surface area contributed by atoms with Gasteiger partial charge in [-0.3, -0.25) is 19.3 Å². The van der Waals surface area contributed by atoms with Crippen LogP contribution in [0.25, 0.3) is 5.76 Å². The highest BCUT2D eigenvalue weighted by Crippen LogP contribution is 2.42. The predicted molar refractivity (Wildman–Crippen MR) is 130 cm³/mol. The fourth-order valence-corrected chi connectivity index (χ4v) is 4.19. The standard InChI is InChI=1S/C27H22ClNO5/c1-2-16-3-7-18(8-4-16)24-23(25(32)19-9-11-20(28)12-10-19)26(33)27(34)29(24)21-13-5-17(6-14-21)15-22(30)31/h3-14,24,32H,2,15H2,1H3,(H,30,31)/b25-23+. The summed E-state index contributed by atoms with van der Waals surface area (Å²) in [6.07, 6.45) is 0.674. The van der Waals surface area contributed by atoms with E-state index in [1.54, 1.807) is 48.5 Å². The molecule has 1 unspecified atom stereocenters. The molecule has 0 spiro atoms. The van der Waals surface area contributed by atoms with Crippen LogP contribution in [0.15, 0.2) is 78.4 Å². The molecule has 0 aliphatic carbocycles. The second-order valence-corrected chi connectivity index (χ2v) is 8.44. The Balaban J connectivity index is 1.86. The first-order chi connectivity index (χ1) is 16.3. The molecule has 6 nitrogen and oxygen atoms in total. The van der Waals surface area contributed by atoms with Crippen LogP contribution >= 0.6 is 11.6 Å². The van der Waals surface area contributed by atoms with Gasteiger partial charge in [0.2, 0.25) is 0 Å². The van der Waals surface area contributed by atoms with E-state index in [2.05, 4.69) is 0 Å². The van der Waals surface area contributed by atoms with Gasteiger partial charge in [0.25, 0.3) is 11.7 Å². The summed E-state index contributed by atoms with van der Waals surface area (Å²) < 4.78 is 0. The summed E-state index contributed by atoms with van der Waals surface area (Å²) in [6, 6.07) is 19.5. The molecule has 7 heteroatoms. The lowest BCUT2D eigenvalue weighted by molar-refractivity contribution is -0.136. The van der Waals surface area contributed by atoms with Crippen molar-refractivity contribution in [1.29, 1.82) is 0 Å². The summed E-state index contributed by atoms with van der Waals surface area (Å²) in [5.41, 5.74) is 3.10. The summed E-state index contributed by atoms with van der Waals surface area (Å²) >= 11 is 5.96. The maximum atomic E-state index is 13.2. The van der Waals surface area contributed by atoms with E-state index in [1.165, 1.54) is 4.90 Å². The van der Waals surface area contributed by atoms with Crippen molar-refractivity contribution in [2.24, 2.45) is 0 Å². The van der Waals surface area contributed by atoms with Crippen LogP contribution in [-0.4, -0.2) is 27.9 Å². The van der Waals surface area contributed by atoms with Gasteiger partial charge in [0, 0.05) is 16.3 Å². The summed E-state index contributed by atoms with van der Waals surface area (Å²) in [5, 5.41) is 20.6. The molecule has 1 atom stereocenters. The topological polar surface area (TPSA) is 94.9 Å². The number of rotatable bonds is 6. The van der Waals surface area contributed by atoms with E-state index in [0.29, 0.717) is 27.4 Å². The number of nitrogens with zero attached hydrogens (tertiary/aromatic N) is 1. The van der Waals surface area contributed by atoms with Crippen molar-refractivity contribution < 1.29 is 24.6 Å². The molecule has 1 fully saturated rings. The third-order valence-electron chi connectivity index (χ3n) is 5.84. The molecule has 1 heterocycles. The summed E-state index contributed by atoms with van der Waals surface area (Å²) in [7, 11) is 0. The van der Waals surface area contributed by atoms with Crippen molar-refractivity contribution in [1.82, 2.24) is 0 Å². The van der Waals surface area contributed by atoms with E-state index in [1.807, 2.05) is 31.2 Å². The van der Waals surface area contributed by atoms with Crippen molar-refractivity contribution >= 4 is 40.7 Å². The van der Waals surface area contributed by atoms with Crippen LogP contribution in [-0.2, 0) is 27.2 Å². The number of carbonyl (C=O) groups is 3. The quantitative estimate of drug-likeness (QED) is 0.292. The Bertz CT molecular complexity index is 1280. The number of hydrogen-bond donors (Lipinski definition) is 2. The van der Waals surface area contributed by atoms with E-state index in [-0.39, 0.29) is 17.8 Å². The van der Waals surface area contributed by atoms with E-state index < -0.39 is 23.7 Å². The third-order valence-corrected chi connectivity index (χ3v) is 6.09. The summed E-state index contributed by atoms with van der Waals surface area (Å²) in [6.45, 7) is 2.03. The van der Waals surface area contributed by atoms with Crippen LogP contribution in [0, 0.1) is 0 Å².